The zero-order chi connectivity index (χ0) is 19.6. The number of carbonyl (C=O) groups excluding carboxylic acids is 2. The summed E-state index contributed by atoms with van der Waals surface area (Å²) >= 11 is 0. The van der Waals surface area contributed by atoms with Crippen molar-refractivity contribution in [1.82, 2.24) is 20.8 Å². The molecule has 0 atom stereocenters. The topological polar surface area (TPSA) is 109 Å². The number of nitrogens with zero attached hydrogens (tertiary/aromatic N) is 4. The highest BCUT2D eigenvalue weighted by atomic mass is 16.2. The highest BCUT2D eigenvalue weighted by Crippen LogP contribution is 2.01. The molecule has 3 aromatic rings. The molecule has 0 fully saturated rings. The third-order valence-electron chi connectivity index (χ3n) is 3.56. The summed E-state index contributed by atoms with van der Waals surface area (Å²) in [4.78, 5) is 31.5. The first-order chi connectivity index (χ1) is 13.7. The maximum atomic E-state index is 11.9. The van der Waals surface area contributed by atoms with E-state index in [0.29, 0.717) is 11.1 Å². The number of hydrazone groups is 2. The third kappa shape index (κ3) is 5.40. The Morgan fingerprint density at radius 3 is 1.57 bits per heavy atom. The van der Waals surface area contributed by atoms with Gasteiger partial charge in [-0.15, -0.1) is 0 Å². The van der Waals surface area contributed by atoms with Gasteiger partial charge in [-0.1, -0.05) is 18.2 Å². The Hall–Kier alpha value is -4.20. The van der Waals surface area contributed by atoms with Crippen molar-refractivity contribution in [2.75, 3.05) is 0 Å². The zero-order valence-corrected chi connectivity index (χ0v) is 14.7. The molecule has 1 aromatic carbocycles. The molecule has 0 aliphatic carbocycles. The predicted octanol–water partition coefficient (Wildman–Crippen LogP) is 2.00. The summed E-state index contributed by atoms with van der Waals surface area (Å²) in [7, 11) is 0. The molecule has 3 rings (SSSR count). The van der Waals surface area contributed by atoms with Gasteiger partial charge >= 0.3 is 0 Å². The molecule has 0 saturated carbocycles. The van der Waals surface area contributed by atoms with E-state index in [1.807, 2.05) is 24.3 Å². The quantitative estimate of drug-likeness (QED) is 0.509. The molecule has 0 spiro atoms. The van der Waals surface area contributed by atoms with Crippen LogP contribution in [-0.2, 0) is 0 Å². The van der Waals surface area contributed by atoms with Crippen LogP contribution in [0.4, 0.5) is 0 Å². The molecule has 0 radical (unpaired) electrons. The van der Waals surface area contributed by atoms with E-state index in [0.717, 1.165) is 11.1 Å². The highest BCUT2D eigenvalue weighted by molar-refractivity contribution is 5.95. The number of aromatic nitrogens is 2. The molecule has 28 heavy (non-hydrogen) atoms. The Morgan fingerprint density at radius 1 is 0.714 bits per heavy atom. The van der Waals surface area contributed by atoms with Crippen LogP contribution in [0.15, 0.2) is 83.5 Å². The van der Waals surface area contributed by atoms with Crippen molar-refractivity contribution >= 4 is 24.2 Å². The molecule has 2 heterocycles. The molecule has 138 valence electrons. The number of carbonyl (C=O) groups is 2. The minimum absolute atomic E-state index is 0.324. The molecule has 0 aliphatic rings. The van der Waals surface area contributed by atoms with Crippen LogP contribution in [0.5, 0.6) is 0 Å². The maximum Gasteiger partial charge on any atom is 0.271 e. The molecule has 8 nitrogen and oxygen atoms in total. The van der Waals surface area contributed by atoms with Gasteiger partial charge in [0, 0.05) is 35.9 Å². The van der Waals surface area contributed by atoms with Gasteiger partial charge in [0.2, 0.25) is 0 Å². The summed E-state index contributed by atoms with van der Waals surface area (Å²) in [5.74, 6) is -0.648. The van der Waals surface area contributed by atoms with E-state index in [-0.39, 0.29) is 11.8 Å². The van der Waals surface area contributed by atoms with E-state index in [2.05, 4.69) is 31.0 Å². The van der Waals surface area contributed by atoms with Crippen LogP contribution in [0, 0.1) is 0 Å². The van der Waals surface area contributed by atoms with E-state index in [9.17, 15) is 9.59 Å². The van der Waals surface area contributed by atoms with Gasteiger partial charge < -0.3 is 0 Å². The van der Waals surface area contributed by atoms with Crippen molar-refractivity contribution in [1.29, 1.82) is 0 Å². The average Bonchev–Trinajstić information content (AvgIpc) is 2.75. The van der Waals surface area contributed by atoms with Crippen LogP contribution in [0.1, 0.15) is 31.8 Å². The first kappa shape index (κ1) is 18.6. The van der Waals surface area contributed by atoms with E-state index in [1.54, 1.807) is 24.3 Å². The molecule has 0 bridgehead atoms. The molecule has 2 amide bonds. The minimum Gasteiger partial charge on any atom is -0.267 e. The van der Waals surface area contributed by atoms with Crippen LogP contribution in [0.2, 0.25) is 0 Å². The first-order valence-corrected chi connectivity index (χ1v) is 8.29. The third-order valence-corrected chi connectivity index (χ3v) is 3.56. The summed E-state index contributed by atoms with van der Waals surface area (Å²) in [6, 6.07) is 13.7. The lowest BCUT2D eigenvalue weighted by atomic mass is 10.1. The summed E-state index contributed by atoms with van der Waals surface area (Å²) in [6.45, 7) is 0. The predicted molar refractivity (Wildman–Crippen MR) is 105 cm³/mol. The molecule has 8 heteroatoms. The van der Waals surface area contributed by atoms with Gasteiger partial charge in [-0.3, -0.25) is 19.6 Å². The number of hydrogen-bond donors (Lipinski definition) is 2. The van der Waals surface area contributed by atoms with Crippen LogP contribution in [0.25, 0.3) is 0 Å². The lowest BCUT2D eigenvalue weighted by Gasteiger charge is -2.00. The Labute approximate surface area is 161 Å². The SMILES string of the molecule is O=C(N/N=C\c1cccc(/C=N\NC(=O)c2ccncc2)c1)c1ccncc1. The molecular formula is C20H16N6O2. The molecular weight excluding hydrogens is 356 g/mol. The van der Waals surface area contributed by atoms with E-state index >= 15 is 0 Å². The van der Waals surface area contributed by atoms with Crippen LogP contribution in [0.3, 0.4) is 0 Å². The number of benzene rings is 1. The second-order valence-corrected chi connectivity index (χ2v) is 5.54. The summed E-state index contributed by atoms with van der Waals surface area (Å²) < 4.78 is 0. The lowest BCUT2D eigenvalue weighted by molar-refractivity contribution is 0.0947. The van der Waals surface area contributed by atoms with Gasteiger partial charge in [0.25, 0.3) is 11.8 Å². The molecule has 2 aromatic heterocycles. The van der Waals surface area contributed by atoms with Gasteiger partial charge in [0.05, 0.1) is 12.4 Å². The van der Waals surface area contributed by atoms with Gasteiger partial charge in [-0.05, 0) is 41.5 Å². The molecule has 0 saturated heterocycles. The average molecular weight is 372 g/mol. The fourth-order valence-corrected chi connectivity index (χ4v) is 2.19. The van der Waals surface area contributed by atoms with Gasteiger partial charge in [0.15, 0.2) is 0 Å². The summed E-state index contributed by atoms with van der Waals surface area (Å²) in [6.07, 6.45) is 9.19. The largest absolute Gasteiger partial charge is 0.271 e. The van der Waals surface area contributed by atoms with Crippen LogP contribution >= 0.6 is 0 Å². The number of pyridine rings is 2. The normalized spacial score (nSPS) is 10.9. The van der Waals surface area contributed by atoms with Gasteiger partial charge in [0.1, 0.15) is 0 Å². The second kappa shape index (κ2) is 9.48. The Bertz CT molecular complexity index is 925. The summed E-state index contributed by atoms with van der Waals surface area (Å²) in [5.41, 5.74) is 7.37. The Morgan fingerprint density at radius 2 is 1.14 bits per heavy atom. The van der Waals surface area contributed by atoms with E-state index in [4.69, 9.17) is 0 Å². The Kier molecular flexibility index (Phi) is 6.30. The monoisotopic (exact) mass is 372 g/mol. The number of hydrogen-bond acceptors (Lipinski definition) is 6. The smallest absolute Gasteiger partial charge is 0.267 e. The van der Waals surface area contributed by atoms with Crippen molar-refractivity contribution in [2.45, 2.75) is 0 Å². The number of nitrogens with one attached hydrogen (secondary N) is 2. The number of rotatable bonds is 6. The minimum atomic E-state index is -0.324. The lowest BCUT2D eigenvalue weighted by Crippen LogP contribution is -2.17. The van der Waals surface area contributed by atoms with E-state index < -0.39 is 0 Å². The van der Waals surface area contributed by atoms with Crippen molar-refractivity contribution in [3.05, 3.63) is 95.6 Å². The fraction of sp³-hybridized carbons (Fsp3) is 0. The summed E-state index contributed by atoms with van der Waals surface area (Å²) in [5, 5.41) is 7.88. The van der Waals surface area contributed by atoms with Crippen molar-refractivity contribution in [3.8, 4) is 0 Å². The van der Waals surface area contributed by atoms with Gasteiger partial charge in [-0.25, -0.2) is 10.9 Å². The van der Waals surface area contributed by atoms with Crippen molar-refractivity contribution in [2.24, 2.45) is 10.2 Å². The van der Waals surface area contributed by atoms with Crippen LogP contribution < -0.4 is 10.9 Å². The van der Waals surface area contributed by atoms with Gasteiger partial charge in [-0.2, -0.15) is 10.2 Å². The fourth-order valence-electron chi connectivity index (χ4n) is 2.19. The van der Waals surface area contributed by atoms with Crippen molar-refractivity contribution < 1.29 is 9.59 Å². The molecule has 0 unspecified atom stereocenters. The van der Waals surface area contributed by atoms with Crippen LogP contribution in [-0.4, -0.2) is 34.2 Å². The molecule has 2 N–H and O–H groups in total. The Balaban J connectivity index is 1.56. The second-order valence-electron chi connectivity index (χ2n) is 5.54. The highest BCUT2D eigenvalue weighted by Gasteiger charge is 2.03. The maximum absolute atomic E-state index is 11.9. The standard InChI is InChI=1S/C20H16N6O2/c27-19(17-4-8-21-9-5-17)25-23-13-15-2-1-3-16(12-15)14-24-26-20(28)18-6-10-22-11-7-18/h1-14H,(H,25,27)(H,26,28)/b23-13-,24-14-. The first-order valence-electron chi connectivity index (χ1n) is 8.29. The molecule has 0 aliphatic heterocycles. The zero-order valence-electron chi connectivity index (χ0n) is 14.7. The van der Waals surface area contributed by atoms with E-state index in [1.165, 1.54) is 37.2 Å². The number of amides is 2. The van der Waals surface area contributed by atoms with Crippen molar-refractivity contribution in [3.63, 3.8) is 0 Å².